The first kappa shape index (κ1) is 13.1. The maximum atomic E-state index is 12.3. The van der Waals surface area contributed by atoms with Crippen LogP contribution in [-0.4, -0.2) is 45.1 Å². The predicted molar refractivity (Wildman–Crippen MR) is 72.8 cm³/mol. The van der Waals surface area contributed by atoms with Crippen molar-refractivity contribution in [3.63, 3.8) is 0 Å². The zero-order valence-electron chi connectivity index (χ0n) is 11.8. The van der Waals surface area contributed by atoms with Gasteiger partial charge < -0.3 is 10.2 Å². The summed E-state index contributed by atoms with van der Waals surface area (Å²) in [5.41, 5.74) is 0.491. The molecule has 1 aliphatic heterocycles. The van der Waals surface area contributed by atoms with Gasteiger partial charge in [-0.05, 0) is 18.9 Å². The van der Waals surface area contributed by atoms with E-state index in [1.807, 2.05) is 22.7 Å². The third-order valence-electron chi connectivity index (χ3n) is 4.59. The molecule has 3 rings (SSSR count). The first-order valence-corrected chi connectivity index (χ1v) is 7.19. The lowest BCUT2D eigenvalue weighted by Crippen LogP contribution is -2.66. The first-order valence-electron chi connectivity index (χ1n) is 7.19. The normalized spacial score (nSPS) is 21.6. The number of piperazine rings is 1. The maximum absolute atomic E-state index is 12.3. The molecule has 0 atom stereocenters. The van der Waals surface area contributed by atoms with Gasteiger partial charge in [-0.15, -0.1) is 0 Å². The van der Waals surface area contributed by atoms with E-state index in [2.05, 4.69) is 10.4 Å². The van der Waals surface area contributed by atoms with Gasteiger partial charge >= 0.3 is 0 Å². The quantitative estimate of drug-likeness (QED) is 0.859. The summed E-state index contributed by atoms with van der Waals surface area (Å²) in [5, 5.41) is 6.89. The number of amides is 2. The van der Waals surface area contributed by atoms with Gasteiger partial charge in [-0.25, -0.2) is 0 Å². The molecular formula is C14H20N4O2. The highest BCUT2D eigenvalue weighted by molar-refractivity contribution is 5.98. The fourth-order valence-electron chi connectivity index (χ4n) is 3.45. The van der Waals surface area contributed by atoms with Gasteiger partial charge in [0.05, 0.1) is 6.54 Å². The standard InChI is InChI=1S/C14H20N4O2/c1-17-11(4-8-16-17)5-9-18-12(19)10-15-13(20)14(18)6-2-3-7-14/h4,8H,2-3,5-7,9-10H2,1H3,(H,15,20). The van der Waals surface area contributed by atoms with Crippen LogP contribution in [-0.2, 0) is 23.1 Å². The van der Waals surface area contributed by atoms with Gasteiger partial charge in [0.2, 0.25) is 11.8 Å². The molecule has 1 spiro atoms. The number of aryl methyl sites for hydroxylation is 1. The Labute approximate surface area is 118 Å². The van der Waals surface area contributed by atoms with Crippen LogP contribution >= 0.6 is 0 Å². The number of aromatic nitrogens is 2. The van der Waals surface area contributed by atoms with Crippen LogP contribution in [0.5, 0.6) is 0 Å². The fourth-order valence-corrected chi connectivity index (χ4v) is 3.45. The van der Waals surface area contributed by atoms with Crippen molar-refractivity contribution in [2.75, 3.05) is 13.1 Å². The summed E-state index contributed by atoms with van der Waals surface area (Å²) < 4.78 is 1.82. The number of carbonyl (C=O) groups excluding carboxylic acids is 2. The molecule has 1 saturated carbocycles. The third-order valence-corrected chi connectivity index (χ3v) is 4.59. The fraction of sp³-hybridized carbons (Fsp3) is 0.643. The topological polar surface area (TPSA) is 67.2 Å². The van der Waals surface area contributed by atoms with Crippen molar-refractivity contribution in [2.24, 2.45) is 7.05 Å². The van der Waals surface area contributed by atoms with Gasteiger partial charge in [0, 0.05) is 31.9 Å². The lowest BCUT2D eigenvalue weighted by Gasteiger charge is -2.43. The van der Waals surface area contributed by atoms with Crippen molar-refractivity contribution < 1.29 is 9.59 Å². The molecule has 0 radical (unpaired) electrons. The number of hydrogen-bond donors (Lipinski definition) is 1. The second-order valence-corrected chi connectivity index (χ2v) is 5.66. The Bertz CT molecular complexity index is 531. The largest absolute Gasteiger partial charge is 0.345 e. The first-order chi connectivity index (χ1) is 9.63. The molecule has 1 saturated heterocycles. The molecule has 2 amide bonds. The molecule has 6 heteroatoms. The predicted octanol–water partition coefficient (Wildman–Crippen LogP) is 0.234. The van der Waals surface area contributed by atoms with E-state index in [1.165, 1.54) is 0 Å². The van der Waals surface area contributed by atoms with E-state index < -0.39 is 5.54 Å². The number of nitrogens with one attached hydrogen (secondary N) is 1. The van der Waals surface area contributed by atoms with Gasteiger partial charge in [-0.3, -0.25) is 14.3 Å². The van der Waals surface area contributed by atoms with E-state index in [0.717, 1.165) is 37.8 Å². The average Bonchev–Trinajstić information content (AvgIpc) is 3.05. The molecule has 20 heavy (non-hydrogen) atoms. The zero-order valence-corrected chi connectivity index (χ0v) is 11.8. The lowest BCUT2D eigenvalue weighted by molar-refractivity contribution is -0.153. The van der Waals surface area contributed by atoms with E-state index >= 15 is 0 Å². The second kappa shape index (κ2) is 4.92. The lowest BCUT2D eigenvalue weighted by atomic mass is 9.91. The molecular weight excluding hydrogens is 256 g/mol. The van der Waals surface area contributed by atoms with Crippen LogP contribution < -0.4 is 5.32 Å². The molecule has 0 aromatic carbocycles. The minimum Gasteiger partial charge on any atom is -0.345 e. The molecule has 1 N–H and O–H groups in total. The van der Waals surface area contributed by atoms with Gasteiger partial charge in [0.1, 0.15) is 5.54 Å². The molecule has 108 valence electrons. The minimum absolute atomic E-state index is 0.0274. The van der Waals surface area contributed by atoms with E-state index in [0.29, 0.717) is 6.54 Å². The minimum atomic E-state index is -0.589. The van der Waals surface area contributed by atoms with Crippen molar-refractivity contribution in [2.45, 2.75) is 37.6 Å². The molecule has 2 heterocycles. The van der Waals surface area contributed by atoms with Gasteiger partial charge in [-0.2, -0.15) is 5.10 Å². The Morgan fingerprint density at radius 1 is 1.35 bits per heavy atom. The second-order valence-electron chi connectivity index (χ2n) is 5.66. The highest BCUT2D eigenvalue weighted by atomic mass is 16.2. The summed E-state index contributed by atoms with van der Waals surface area (Å²) >= 11 is 0. The zero-order chi connectivity index (χ0) is 14.2. The van der Waals surface area contributed by atoms with Crippen LogP contribution in [0.15, 0.2) is 12.3 Å². The van der Waals surface area contributed by atoms with E-state index in [9.17, 15) is 9.59 Å². The third kappa shape index (κ3) is 1.99. The highest BCUT2D eigenvalue weighted by Crippen LogP contribution is 2.37. The molecule has 1 aliphatic carbocycles. The van der Waals surface area contributed by atoms with Gasteiger partial charge in [-0.1, -0.05) is 12.8 Å². The van der Waals surface area contributed by atoms with Crippen LogP contribution in [0.3, 0.4) is 0 Å². The average molecular weight is 276 g/mol. The number of carbonyl (C=O) groups is 2. The van der Waals surface area contributed by atoms with Crippen LogP contribution in [0.2, 0.25) is 0 Å². The summed E-state index contributed by atoms with van der Waals surface area (Å²) in [7, 11) is 1.89. The van der Waals surface area contributed by atoms with Gasteiger partial charge in [0.15, 0.2) is 0 Å². The summed E-state index contributed by atoms with van der Waals surface area (Å²) in [6.45, 7) is 0.720. The Hall–Kier alpha value is -1.85. The molecule has 2 fully saturated rings. The SMILES string of the molecule is Cn1nccc1CCN1C(=O)CNC(=O)C12CCCC2. The van der Waals surface area contributed by atoms with Crippen molar-refractivity contribution in [3.8, 4) is 0 Å². The molecule has 6 nitrogen and oxygen atoms in total. The Morgan fingerprint density at radius 3 is 2.75 bits per heavy atom. The summed E-state index contributed by atoms with van der Waals surface area (Å²) in [5.74, 6) is 0.0632. The van der Waals surface area contributed by atoms with Crippen LogP contribution in [0.1, 0.15) is 31.4 Å². The summed E-state index contributed by atoms with van der Waals surface area (Å²) in [6.07, 6.45) is 6.10. The van der Waals surface area contributed by atoms with E-state index in [-0.39, 0.29) is 18.4 Å². The van der Waals surface area contributed by atoms with E-state index in [1.54, 1.807) is 6.20 Å². The maximum Gasteiger partial charge on any atom is 0.246 e. The summed E-state index contributed by atoms with van der Waals surface area (Å²) in [6, 6.07) is 1.95. The van der Waals surface area contributed by atoms with Gasteiger partial charge in [0.25, 0.3) is 0 Å². The van der Waals surface area contributed by atoms with Crippen LogP contribution in [0.25, 0.3) is 0 Å². The monoisotopic (exact) mass is 276 g/mol. The van der Waals surface area contributed by atoms with Crippen molar-refractivity contribution >= 4 is 11.8 Å². The van der Waals surface area contributed by atoms with Crippen molar-refractivity contribution in [3.05, 3.63) is 18.0 Å². The Kier molecular flexibility index (Phi) is 3.23. The number of nitrogens with zero attached hydrogens (tertiary/aromatic N) is 3. The smallest absolute Gasteiger partial charge is 0.246 e. The van der Waals surface area contributed by atoms with Crippen molar-refractivity contribution in [1.82, 2.24) is 20.0 Å². The van der Waals surface area contributed by atoms with E-state index in [4.69, 9.17) is 0 Å². The summed E-state index contributed by atoms with van der Waals surface area (Å²) in [4.78, 5) is 26.3. The molecule has 1 aromatic rings. The molecule has 0 unspecified atom stereocenters. The Balaban J connectivity index is 1.79. The van der Waals surface area contributed by atoms with Crippen LogP contribution in [0.4, 0.5) is 0 Å². The van der Waals surface area contributed by atoms with Crippen molar-refractivity contribution in [1.29, 1.82) is 0 Å². The molecule has 2 aliphatic rings. The molecule has 0 bridgehead atoms. The number of hydrogen-bond acceptors (Lipinski definition) is 3. The Morgan fingerprint density at radius 2 is 2.10 bits per heavy atom. The highest BCUT2D eigenvalue weighted by Gasteiger charge is 2.50. The molecule has 1 aromatic heterocycles. The van der Waals surface area contributed by atoms with Crippen LogP contribution in [0, 0.1) is 0 Å². The number of rotatable bonds is 3.